The number of rotatable bonds is 2. The molecule has 0 aromatic rings. The quantitative estimate of drug-likeness (QED) is 0.714. The Morgan fingerprint density at radius 2 is 2.00 bits per heavy atom. The van der Waals surface area contributed by atoms with E-state index in [1.54, 1.807) is 0 Å². The summed E-state index contributed by atoms with van der Waals surface area (Å²) < 4.78 is 0. The van der Waals surface area contributed by atoms with Gasteiger partial charge in [0.1, 0.15) is 0 Å². The molecule has 0 aliphatic carbocycles. The third-order valence-corrected chi connectivity index (χ3v) is 4.92. The highest BCUT2D eigenvalue weighted by molar-refractivity contribution is 5.05. The van der Waals surface area contributed by atoms with Gasteiger partial charge in [-0.05, 0) is 51.2 Å². The maximum Gasteiger partial charge on any atom is 0.0446 e. The molecule has 0 saturated carbocycles. The molecular weight excluding hydrogens is 188 g/mol. The summed E-state index contributed by atoms with van der Waals surface area (Å²) in [6.45, 7) is 4.22. The lowest BCUT2D eigenvalue weighted by molar-refractivity contribution is 0.000649. The van der Waals surface area contributed by atoms with Gasteiger partial charge in [-0.25, -0.2) is 0 Å². The topological polar surface area (TPSA) is 26.7 Å². The molecule has 0 radical (unpaired) electrons. The summed E-state index contributed by atoms with van der Waals surface area (Å²) in [6.07, 6.45) is 3.79. The highest BCUT2D eigenvalue weighted by Crippen LogP contribution is 2.44. The van der Waals surface area contributed by atoms with Crippen LogP contribution < -0.4 is 0 Å². The van der Waals surface area contributed by atoms with E-state index in [0.29, 0.717) is 12.6 Å². The molecule has 4 rings (SSSR count). The number of aliphatic hydroxyl groups is 1. The largest absolute Gasteiger partial charge is 0.396 e. The average molecular weight is 210 g/mol. The summed E-state index contributed by atoms with van der Waals surface area (Å²) in [4.78, 5) is 5.18. The molecule has 0 spiro atoms. The van der Waals surface area contributed by atoms with Gasteiger partial charge in [-0.2, -0.15) is 0 Å². The summed E-state index contributed by atoms with van der Waals surface area (Å²) in [5.74, 6) is 1.88. The van der Waals surface area contributed by atoms with Crippen molar-refractivity contribution in [3.63, 3.8) is 0 Å². The van der Waals surface area contributed by atoms with E-state index in [2.05, 4.69) is 16.8 Å². The summed E-state index contributed by atoms with van der Waals surface area (Å²) in [5.41, 5.74) is 0. The first-order chi connectivity index (χ1) is 7.31. The Labute approximate surface area is 92.1 Å². The van der Waals surface area contributed by atoms with Gasteiger partial charge in [0.2, 0.25) is 0 Å². The van der Waals surface area contributed by atoms with Gasteiger partial charge in [0, 0.05) is 25.2 Å². The molecule has 2 bridgehead atoms. The zero-order chi connectivity index (χ0) is 10.4. The summed E-state index contributed by atoms with van der Waals surface area (Å²) in [7, 11) is 2.24. The van der Waals surface area contributed by atoms with Crippen LogP contribution >= 0.6 is 0 Å². The third-order valence-electron chi connectivity index (χ3n) is 4.92. The zero-order valence-corrected chi connectivity index (χ0v) is 9.60. The number of nitrogens with zero attached hydrogens (tertiary/aromatic N) is 2. The summed E-state index contributed by atoms with van der Waals surface area (Å²) >= 11 is 0. The number of likely N-dealkylation sites (N-methyl/N-ethyl adjacent to an activating group) is 1. The number of hydrogen-bond acceptors (Lipinski definition) is 3. The van der Waals surface area contributed by atoms with Crippen LogP contribution in [-0.4, -0.2) is 60.3 Å². The average Bonchev–Trinajstić information content (AvgIpc) is 2.60. The molecule has 4 fully saturated rings. The van der Waals surface area contributed by atoms with E-state index >= 15 is 0 Å². The molecule has 86 valence electrons. The van der Waals surface area contributed by atoms with Crippen LogP contribution in [0.3, 0.4) is 0 Å². The lowest BCUT2D eigenvalue weighted by Crippen LogP contribution is -2.57. The van der Waals surface area contributed by atoms with Crippen LogP contribution in [0.4, 0.5) is 0 Å². The predicted octanol–water partition coefficient (Wildman–Crippen LogP) is 0.393. The summed E-state index contributed by atoms with van der Waals surface area (Å²) in [6, 6.07) is 1.37. The second-order valence-electron chi connectivity index (χ2n) is 5.55. The van der Waals surface area contributed by atoms with Crippen LogP contribution in [0.25, 0.3) is 0 Å². The molecule has 0 amide bonds. The smallest absolute Gasteiger partial charge is 0.0446 e. The molecule has 3 heteroatoms. The summed E-state index contributed by atoms with van der Waals surface area (Å²) in [5, 5.41) is 9.16. The molecular formula is C12H22N2O. The van der Waals surface area contributed by atoms with E-state index in [-0.39, 0.29) is 0 Å². The van der Waals surface area contributed by atoms with Crippen molar-refractivity contribution < 1.29 is 5.11 Å². The number of piperidine rings is 3. The van der Waals surface area contributed by atoms with Gasteiger partial charge in [-0.1, -0.05) is 0 Å². The fourth-order valence-corrected chi connectivity index (χ4v) is 4.23. The molecule has 0 aromatic carbocycles. The fraction of sp³-hybridized carbons (Fsp3) is 1.00. The van der Waals surface area contributed by atoms with Gasteiger partial charge in [0.15, 0.2) is 0 Å². The highest BCUT2D eigenvalue weighted by atomic mass is 16.3. The van der Waals surface area contributed by atoms with E-state index in [1.807, 2.05) is 0 Å². The van der Waals surface area contributed by atoms with Gasteiger partial charge >= 0.3 is 0 Å². The van der Waals surface area contributed by atoms with Crippen molar-refractivity contribution in [1.82, 2.24) is 9.80 Å². The van der Waals surface area contributed by atoms with Gasteiger partial charge in [0.25, 0.3) is 0 Å². The van der Waals surface area contributed by atoms with Crippen molar-refractivity contribution in [1.29, 1.82) is 0 Å². The molecule has 1 N–H and O–H groups in total. The van der Waals surface area contributed by atoms with Crippen LogP contribution in [0.2, 0.25) is 0 Å². The Morgan fingerprint density at radius 1 is 1.27 bits per heavy atom. The molecule has 4 saturated heterocycles. The maximum atomic E-state index is 9.16. The van der Waals surface area contributed by atoms with E-state index in [1.165, 1.54) is 32.5 Å². The van der Waals surface area contributed by atoms with E-state index < -0.39 is 0 Å². The lowest BCUT2D eigenvalue weighted by atomic mass is 9.73. The Balaban J connectivity index is 1.82. The highest BCUT2D eigenvalue weighted by Gasteiger charge is 2.50. The minimum absolute atomic E-state index is 0.344. The maximum absolute atomic E-state index is 9.16. The van der Waals surface area contributed by atoms with Gasteiger partial charge in [-0.3, -0.25) is 4.90 Å². The number of likely N-dealkylation sites (tertiary alicyclic amines) is 1. The van der Waals surface area contributed by atoms with Gasteiger partial charge in [0.05, 0.1) is 0 Å². The molecule has 3 nitrogen and oxygen atoms in total. The van der Waals surface area contributed by atoms with Crippen molar-refractivity contribution in [2.45, 2.75) is 31.3 Å². The monoisotopic (exact) mass is 210 g/mol. The second kappa shape index (κ2) is 3.72. The number of aliphatic hydroxyl groups excluding tert-OH is 1. The van der Waals surface area contributed by atoms with E-state index in [9.17, 15) is 0 Å². The normalized spacial score (nSPS) is 49.6. The Morgan fingerprint density at radius 3 is 2.67 bits per heavy atom. The standard InChI is InChI=1S/C12H22N2O/c1-13-8-10-9-2-5-14(6-3-9)12(10)11(13)4-7-15/h9-12,15H,2-8H2,1H3. The number of fused-ring (bicyclic) bond motifs is 2. The molecule has 3 unspecified atom stereocenters. The third kappa shape index (κ3) is 1.44. The Hall–Kier alpha value is -0.120. The van der Waals surface area contributed by atoms with Crippen molar-refractivity contribution >= 4 is 0 Å². The fourth-order valence-electron chi connectivity index (χ4n) is 4.23. The van der Waals surface area contributed by atoms with Crippen molar-refractivity contribution in [3.05, 3.63) is 0 Å². The van der Waals surface area contributed by atoms with Crippen LogP contribution in [0.15, 0.2) is 0 Å². The second-order valence-corrected chi connectivity index (χ2v) is 5.55. The molecule has 0 aromatic heterocycles. The molecule has 3 atom stereocenters. The Kier molecular flexibility index (Phi) is 2.49. The van der Waals surface area contributed by atoms with Crippen molar-refractivity contribution in [3.8, 4) is 0 Å². The zero-order valence-electron chi connectivity index (χ0n) is 9.60. The first-order valence-corrected chi connectivity index (χ1v) is 6.36. The minimum Gasteiger partial charge on any atom is -0.396 e. The SMILES string of the molecule is CN1CC2C3CCN(CC3)C2C1CCO. The first kappa shape index (κ1) is 10.1. The number of hydrogen-bond donors (Lipinski definition) is 1. The van der Waals surface area contributed by atoms with Crippen LogP contribution in [0.5, 0.6) is 0 Å². The predicted molar refractivity (Wildman–Crippen MR) is 59.7 cm³/mol. The lowest BCUT2D eigenvalue weighted by Gasteiger charge is -2.49. The molecule has 4 heterocycles. The van der Waals surface area contributed by atoms with Crippen LogP contribution in [0.1, 0.15) is 19.3 Å². The first-order valence-electron chi connectivity index (χ1n) is 6.36. The van der Waals surface area contributed by atoms with Crippen molar-refractivity contribution in [2.24, 2.45) is 11.8 Å². The van der Waals surface area contributed by atoms with Gasteiger partial charge < -0.3 is 10.0 Å². The molecule has 15 heavy (non-hydrogen) atoms. The molecule has 4 aliphatic heterocycles. The van der Waals surface area contributed by atoms with Gasteiger partial charge in [-0.15, -0.1) is 0 Å². The van der Waals surface area contributed by atoms with Crippen LogP contribution in [-0.2, 0) is 0 Å². The molecule has 4 aliphatic rings. The Bertz CT molecular complexity index is 238. The van der Waals surface area contributed by atoms with E-state index in [4.69, 9.17) is 5.11 Å². The van der Waals surface area contributed by atoms with Crippen LogP contribution in [0, 0.1) is 11.8 Å². The van der Waals surface area contributed by atoms with E-state index in [0.717, 1.165) is 24.3 Å². The van der Waals surface area contributed by atoms with Crippen molar-refractivity contribution in [2.75, 3.05) is 33.3 Å². The minimum atomic E-state index is 0.344.